The number of hydrogen-bond acceptors (Lipinski definition) is 5. The van der Waals surface area contributed by atoms with Crippen LogP contribution in [0.3, 0.4) is 0 Å². The Morgan fingerprint density at radius 1 is 0.972 bits per heavy atom. The van der Waals surface area contributed by atoms with Crippen molar-refractivity contribution in [2.24, 2.45) is 0 Å². The summed E-state index contributed by atoms with van der Waals surface area (Å²) in [6.07, 6.45) is 0. The molecule has 2 heterocycles. The molecule has 0 spiro atoms. The Balaban J connectivity index is 1.48. The SMILES string of the molecule is Cc1ccc(Cn2c(=O)c3ccccc3n3c(SCC(=O)Nc4ccccc4C(C)C)nnc23)cc1. The van der Waals surface area contributed by atoms with Gasteiger partial charge in [0, 0.05) is 5.69 Å². The van der Waals surface area contributed by atoms with Crippen LogP contribution in [0, 0.1) is 6.92 Å². The van der Waals surface area contributed by atoms with Gasteiger partial charge in [0.25, 0.3) is 5.56 Å². The van der Waals surface area contributed by atoms with Gasteiger partial charge in [-0.25, -0.2) is 0 Å². The molecule has 2 aromatic heterocycles. The van der Waals surface area contributed by atoms with Gasteiger partial charge in [-0.1, -0.05) is 85.8 Å². The molecule has 0 aliphatic rings. The topological polar surface area (TPSA) is 81.3 Å². The number of anilines is 1. The number of thioether (sulfide) groups is 1. The Bertz CT molecular complexity index is 1620. The summed E-state index contributed by atoms with van der Waals surface area (Å²) in [7, 11) is 0. The second-order valence-corrected chi connectivity index (χ2v) is 10.0. The van der Waals surface area contributed by atoms with Crippen molar-refractivity contribution in [3.8, 4) is 0 Å². The molecule has 0 unspecified atom stereocenters. The Labute approximate surface area is 213 Å². The molecule has 0 aliphatic heterocycles. The van der Waals surface area contributed by atoms with E-state index in [2.05, 4.69) is 29.4 Å². The maximum absolute atomic E-state index is 13.4. The predicted molar refractivity (Wildman–Crippen MR) is 145 cm³/mol. The van der Waals surface area contributed by atoms with Crippen LogP contribution in [0.4, 0.5) is 5.69 Å². The standard InChI is InChI=1S/C28H27N5O2S/c1-18(2)21-8-4-6-10-23(21)29-25(34)17-36-28-31-30-27-32(16-20-14-12-19(3)13-15-20)26(35)22-9-5-7-11-24(22)33(27)28/h4-15,18H,16-17H2,1-3H3,(H,29,34). The van der Waals surface area contributed by atoms with Gasteiger partial charge in [0.1, 0.15) is 0 Å². The number of amides is 1. The highest BCUT2D eigenvalue weighted by Gasteiger charge is 2.18. The molecule has 5 aromatic rings. The van der Waals surface area contributed by atoms with Crippen LogP contribution < -0.4 is 10.9 Å². The number of benzene rings is 3. The minimum Gasteiger partial charge on any atom is -0.325 e. The summed E-state index contributed by atoms with van der Waals surface area (Å²) in [5, 5.41) is 12.9. The zero-order valence-corrected chi connectivity index (χ0v) is 21.2. The molecular formula is C28H27N5O2S. The first-order valence-electron chi connectivity index (χ1n) is 11.9. The fraction of sp³-hybridized carbons (Fsp3) is 0.214. The second-order valence-electron chi connectivity index (χ2n) is 9.09. The smallest absolute Gasteiger partial charge is 0.263 e. The lowest BCUT2D eigenvalue weighted by atomic mass is 10.0. The highest BCUT2D eigenvalue weighted by atomic mass is 32.2. The largest absolute Gasteiger partial charge is 0.325 e. The third-order valence-electron chi connectivity index (χ3n) is 6.13. The molecule has 0 saturated heterocycles. The number of hydrogen-bond donors (Lipinski definition) is 1. The highest BCUT2D eigenvalue weighted by Crippen LogP contribution is 2.25. The molecule has 0 fully saturated rings. The number of fused-ring (bicyclic) bond motifs is 3. The molecule has 1 amide bonds. The van der Waals surface area contributed by atoms with Crippen LogP contribution in [0.1, 0.15) is 36.5 Å². The molecule has 7 nitrogen and oxygen atoms in total. The van der Waals surface area contributed by atoms with Crippen LogP contribution in [0.5, 0.6) is 0 Å². The maximum atomic E-state index is 13.4. The highest BCUT2D eigenvalue weighted by molar-refractivity contribution is 7.99. The molecule has 0 saturated carbocycles. The van der Waals surface area contributed by atoms with Crippen molar-refractivity contribution in [3.63, 3.8) is 0 Å². The molecule has 182 valence electrons. The first-order valence-corrected chi connectivity index (χ1v) is 12.8. The number of carbonyl (C=O) groups is 1. The number of nitrogens with one attached hydrogen (secondary N) is 1. The average molecular weight is 498 g/mol. The van der Waals surface area contributed by atoms with Crippen LogP contribution in [0.25, 0.3) is 16.7 Å². The minimum atomic E-state index is -0.123. The van der Waals surface area contributed by atoms with Crippen molar-refractivity contribution < 1.29 is 4.79 Å². The van der Waals surface area contributed by atoms with Gasteiger partial charge in [-0.05, 0) is 42.2 Å². The Kier molecular flexibility index (Phi) is 6.61. The minimum absolute atomic E-state index is 0.120. The summed E-state index contributed by atoms with van der Waals surface area (Å²) in [5.74, 6) is 0.791. The van der Waals surface area contributed by atoms with E-state index in [1.54, 1.807) is 4.57 Å². The van der Waals surface area contributed by atoms with Gasteiger partial charge in [0.05, 0.1) is 23.2 Å². The summed E-state index contributed by atoms with van der Waals surface area (Å²) in [6, 6.07) is 23.3. The van der Waals surface area contributed by atoms with Crippen molar-refractivity contribution in [1.29, 1.82) is 0 Å². The van der Waals surface area contributed by atoms with Crippen LogP contribution >= 0.6 is 11.8 Å². The fourth-order valence-electron chi connectivity index (χ4n) is 4.28. The van der Waals surface area contributed by atoms with E-state index in [-0.39, 0.29) is 17.2 Å². The van der Waals surface area contributed by atoms with Gasteiger partial charge in [-0.2, -0.15) is 0 Å². The van der Waals surface area contributed by atoms with E-state index in [4.69, 9.17) is 0 Å². The number of aryl methyl sites for hydroxylation is 1. The van der Waals surface area contributed by atoms with Gasteiger partial charge in [0.15, 0.2) is 5.16 Å². The van der Waals surface area contributed by atoms with Crippen molar-refractivity contribution in [3.05, 3.63) is 99.8 Å². The first kappa shape index (κ1) is 23.8. The molecular weight excluding hydrogens is 470 g/mol. The van der Waals surface area contributed by atoms with Crippen molar-refractivity contribution in [1.82, 2.24) is 19.2 Å². The molecule has 3 aromatic carbocycles. The molecule has 8 heteroatoms. The lowest BCUT2D eigenvalue weighted by Crippen LogP contribution is -2.24. The van der Waals surface area contributed by atoms with E-state index in [9.17, 15) is 9.59 Å². The van der Waals surface area contributed by atoms with Crippen LogP contribution in [0.2, 0.25) is 0 Å². The Hall–Kier alpha value is -3.91. The van der Waals surface area contributed by atoms with E-state index in [0.29, 0.717) is 28.8 Å². The maximum Gasteiger partial charge on any atom is 0.263 e. The molecule has 5 rings (SSSR count). The lowest BCUT2D eigenvalue weighted by Gasteiger charge is -2.13. The first-order chi connectivity index (χ1) is 17.4. The van der Waals surface area contributed by atoms with E-state index in [0.717, 1.165) is 27.9 Å². The third kappa shape index (κ3) is 4.64. The summed E-state index contributed by atoms with van der Waals surface area (Å²) in [4.78, 5) is 26.2. The van der Waals surface area contributed by atoms with Gasteiger partial charge >= 0.3 is 0 Å². The molecule has 0 atom stereocenters. The molecule has 1 N–H and O–H groups in total. The van der Waals surface area contributed by atoms with Gasteiger partial charge in [0.2, 0.25) is 11.7 Å². The molecule has 36 heavy (non-hydrogen) atoms. The number of para-hydroxylation sites is 2. The quantitative estimate of drug-likeness (QED) is 0.311. The summed E-state index contributed by atoms with van der Waals surface area (Å²) in [6.45, 7) is 6.61. The number of rotatable bonds is 7. The molecule has 0 radical (unpaired) electrons. The van der Waals surface area contributed by atoms with Gasteiger partial charge in [-0.3, -0.25) is 18.6 Å². The van der Waals surface area contributed by atoms with E-state index >= 15 is 0 Å². The Morgan fingerprint density at radius 3 is 2.47 bits per heavy atom. The Morgan fingerprint density at radius 2 is 1.69 bits per heavy atom. The molecule has 0 aliphatic carbocycles. The van der Waals surface area contributed by atoms with E-state index in [1.165, 1.54) is 11.8 Å². The van der Waals surface area contributed by atoms with E-state index in [1.807, 2.05) is 84.1 Å². The predicted octanol–water partition coefficient (Wildman–Crippen LogP) is 5.26. The third-order valence-corrected chi connectivity index (χ3v) is 7.06. The van der Waals surface area contributed by atoms with Gasteiger partial charge in [-0.15, -0.1) is 10.2 Å². The normalized spacial score (nSPS) is 11.4. The zero-order valence-electron chi connectivity index (χ0n) is 20.4. The summed E-state index contributed by atoms with van der Waals surface area (Å²) < 4.78 is 3.51. The monoisotopic (exact) mass is 497 g/mol. The van der Waals surface area contributed by atoms with Crippen LogP contribution in [-0.4, -0.2) is 30.8 Å². The second kappa shape index (κ2) is 9.99. The summed E-state index contributed by atoms with van der Waals surface area (Å²) in [5.41, 5.74) is 4.67. The van der Waals surface area contributed by atoms with Crippen molar-refractivity contribution in [2.75, 3.05) is 11.1 Å². The number of nitrogens with zero attached hydrogens (tertiary/aromatic N) is 4. The molecule has 0 bridgehead atoms. The van der Waals surface area contributed by atoms with Crippen LogP contribution in [-0.2, 0) is 11.3 Å². The zero-order chi connectivity index (χ0) is 25.2. The summed E-state index contributed by atoms with van der Waals surface area (Å²) >= 11 is 1.30. The number of carbonyl (C=O) groups excluding carboxylic acids is 1. The average Bonchev–Trinajstić information content (AvgIpc) is 3.31. The van der Waals surface area contributed by atoms with E-state index < -0.39 is 0 Å². The van der Waals surface area contributed by atoms with Crippen LogP contribution in [0.15, 0.2) is 82.7 Å². The fourth-order valence-corrected chi connectivity index (χ4v) is 5.02. The van der Waals surface area contributed by atoms with Crippen molar-refractivity contribution >= 4 is 40.0 Å². The van der Waals surface area contributed by atoms with Crippen molar-refractivity contribution in [2.45, 2.75) is 38.4 Å². The van der Waals surface area contributed by atoms with Gasteiger partial charge < -0.3 is 5.32 Å². The lowest BCUT2D eigenvalue weighted by molar-refractivity contribution is -0.113. The number of aromatic nitrogens is 4.